The molecule has 0 atom stereocenters. The Kier molecular flexibility index (Phi) is 45.9. The van der Waals surface area contributed by atoms with Crippen molar-refractivity contribution in [1.29, 1.82) is 0 Å². The number of unbranched alkanes of at least 4 members (excludes halogenated alkanes) is 31. The van der Waals surface area contributed by atoms with Crippen molar-refractivity contribution in [3.05, 3.63) is 102 Å². The van der Waals surface area contributed by atoms with Crippen molar-refractivity contribution in [3.63, 3.8) is 0 Å². The van der Waals surface area contributed by atoms with Crippen LogP contribution in [-0.2, 0) is 33.3 Å². The fourth-order valence-corrected chi connectivity index (χ4v) is 8.95. The first-order chi connectivity index (χ1) is 31.5. The molecule has 1 aliphatic rings. The summed E-state index contributed by atoms with van der Waals surface area (Å²) in [6, 6.07) is 17.7. The van der Waals surface area contributed by atoms with Gasteiger partial charge in [-0.2, -0.15) is 12.8 Å². The van der Waals surface area contributed by atoms with Crippen LogP contribution in [0.3, 0.4) is 0 Å². The van der Waals surface area contributed by atoms with Gasteiger partial charge in [-0.15, -0.1) is 0 Å². The second kappa shape index (κ2) is 47.3. The summed E-state index contributed by atoms with van der Waals surface area (Å²) in [5, 5.41) is 0. The molecule has 0 spiro atoms. The second-order valence-electron chi connectivity index (χ2n) is 19.3. The zero-order valence-corrected chi connectivity index (χ0v) is 45.5. The molecular weight excluding hydrogens is 879 g/mol. The molecule has 0 aliphatic carbocycles. The SMILES string of the molecule is CCCCCCCCC1=C(c2cccc(CCCCCC)c2)[N+](=[N-])C(c2cccc(CCCCCC)c2)=C1.[CH2-]CCCCCCCCCCCC.[CH2-]CCCCCCCCCCCC.[Pd+2]. The number of allylic oxidation sites excluding steroid dienone is 2. The van der Waals surface area contributed by atoms with Crippen LogP contribution in [-0.4, -0.2) is 4.70 Å². The Hall–Kier alpha value is -1.82. The maximum absolute atomic E-state index is 11.6. The van der Waals surface area contributed by atoms with E-state index in [-0.39, 0.29) is 20.4 Å². The van der Waals surface area contributed by atoms with Gasteiger partial charge in [-0.25, -0.2) is 4.70 Å². The third kappa shape index (κ3) is 33.3. The smallest absolute Gasteiger partial charge is 0.493 e. The third-order valence-electron chi connectivity index (χ3n) is 13.1. The molecule has 3 rings (SSSR count). The minimum Gasteiger partial charge on any atom is -0.493 e. The average Bonchev–Trinajstić information content (AvgIpc) is 3.65. The summed E-state index contributed by atoms with van der Waals surface area (Å²) in [4.78, 5) is 0. The van der Waals surface area contributed by atoms with Gasteiger partial charge in [0.05, 0.1) is 0 Å². The van der Waals surface area contributed by atoms with Crippen molar-refractivity contribution in [2.75, 3.05) is 0 Å². The molecule has 0 fully saturated rings. The van der Waals surface area contributed by atoms with Crippen LogP contribution in [0.1, 0.15) is 294 Å². The van der Waals surface area contributed by atoms with Gasteiger partial charge in [-0.3, -0.25) is 0 Å². The Morgan fingerprint density at radius 2 is 0.692 bits per heavy atom. The Morgan fingerprint density at radius 1 is 0.385 bits per heavy atom. The van der Waals surface area contributed by atoms with Gasteiger partial charge in [0.25, 0.3) is 0 Å². The zero-order valence-electron chi connectivity index (χ0n) is 43.9. The van der Waals surface area contributed by atoms with E-state index in [9.17, 15) is 5.53 Å². The number of rotatable bonds is 39. The van der Waals surface area contributed by atoms with Crippen LogP contribution in [0.15, 0.2) is 60.2 Å². The van der Waals surface area contributed by atoms with Crippen LogP contribution in [0.2, 0.25) is 0 Å². The molecule has 0 saturated carbocycles. The molecule has 0 aromatic heterocycles. The fourth-order valence-electron chi connectivity index (χ4n) is 8.95. The Bertz CT molecular complexity index is 1380. The molecule has 374 valence electrons. The van der Waals surface area contributed by atoms with Crippen LogP contribution in [0.4, 0.5) is 0 Å². The number of nitrogens with zero attached hydrogens (tertiary/aromatic N) is 2. The van der Waals surface area contributed by atoms with E-state index in [4.69, 9.17) is 0 Å². The van der Waals surface area contributed by atoms with E-state index < -0.39 is 0 Å². The van der Waals surface area contributed by atoms with Crippen molar-refractivity contribution in [2.24, 2.45) is 0 Å². The molecule has 2 aromatic rings. The quantitative estimate of drug-likeness (QED) is 0.0276. The predicted octanol–water partition coefficient (Wildman–Crippen LogP) is 21.7. The van der Waals surface area contributed by atoms with Gasteiger partial charge < -0.3 is 19.4 Å². The summed E-state index contributed by atoms with van der Waals surface area (Å²) in [6.07, 6.45) is 54.1. The molecule has 1 heterocycles. The molecule has 0 unspecified atom stereocenters. The van der Waals surface area contributed by atoms with E-state index in [2.05, 4.69) is 103 Å². The van der Waals surface area contributed by atoms with Crippen LogP contribution >= 0.6 is 0 Å². The number of benzene rings is 2. The summed E-state index contributed by atoms with van der Waals surface area (Å²) in [6.45, 7) is 19.1. The summed E-state index contributed by atoms with van der Waals surface area (Å²) in [7, 11) is 0. The van der Waals surface area contributed by atoms with Crippen molar-refractivity contribution >= 4 is 11.4 Å². The zero-order chi connectivity index (χ0) is 46.6. The van der Waals surface area contributed by atoms with Gasteiger partial charge in [0.15, 0.2) is 0 Å². The van der Waals surface area contributed by atoms with Gasteiger partial charge >= 0.3 is 20.4 Å². The first-order valence-electron chi connectivity index (χ1n) is 28.2. The maximum atomic E-state index is 11.6. The molecule has 0 saturated heterocycles. The van der Waals surface area contributed by atoms with Gasteiger partial charge in [-0.05, 0) is 73.9 Å². The Labute approximate surface area is 421 Å². The predicted molar refractivity (Wildman–Crippen MR) is 289 cm³/mol. The Balaban J connectivity index is 0.00000124. The van der Waals surface area contributed by atoms with Crippen LogP contribution in [0.5, 0.6) is 0 Å². The summed E-state index contributed by atoms with van der Waals surface area (Å²) >= 11 is 0. The first kappa shape index (κ1) is 63.2. The normalized spacial score (nSPS) is 12.1. The largest absolute Gasteiger partial charge is 2.00 e. The summed E-state index contributed by atoms with van der Waals surface area (Å²) in [5.41, 5.74) is 19.8. The fraction of sp³-hybridized carbons (Fsp3) is 0.710. The first-order valence-corrected chi connectivity index (χ1v) is 28.2. The van der Waals surface area contributed by atoms with E-state index in [0.29, 0.717) is 0 Å². The van der Waals surface area contributed by atoms with Gasteiger partial charge in [0.2, 0.25) is 11.4 Å². The van der Waals surface area contributed by atoms with E-state index in [1.165, 1.54) is 240 Å². The van der Waals surface area contributed by atoms with E-state index >= 15 is 0 Å². The van der Waals surface area contributed by atoms with E-state index in [1.54, 1.807) is 0 Å². The van der Waals surface area contributed by atoms with Crippen molar-refractivity contribution < 1.29 is 25.1 Å². The molecule has 0 N–H and O–H groups in total. The molecule has 3 heteroatoms. The molecule has 2 aromatic carbocycles. The molecule has 1 aliphatic heterocycles. The molecule has 2 nitrogen and oxygen atoms in total. The molecule has 0 radical (unpaired) electrons. The van der Waals surface area contributed by atoms with E-state index in [1.807, 2.05) is 0 Å². The number of hydrogen-bond acceptors (Lipinski definition) is 0. The molecule has 65 heavy (non-hydrogen) atoms. The summed E-state index contributed by atoms with van der Waals surface area (Å²) in [5.74, 6) is 0. The minimum absolute atomic E-state index is 0. The van der Waals surface area contributed by atoms with Crippen molar-refractivity contribution in [2.45, 2.75) is 285 Å². The van der Waals surface area contributed by atoms with Crippen LogP contribution in [0, 0.1) is 13.8 Å². The topological polar surface area (TPSA) is 25.3 Å². The second-order valence-corrected chi connectivity index (χ2v) is 19.3. The van der Waals surface area contributed by atoms with E-state index in [0.717, 1.165) is 54.6 Å². The van der Waals surface area contributed by atoms with Crippen LogP contribution in [0.25, 0.3) is 16.9 Å². The maximum Gasteiger partial charge on any atom is 2.00 e. The van der Waals surface area contributed by atoms with Gasteiger partial charge in [0.1, 0.15) is 0 Å². The number of aryl methyl sites for hydroxylation is 2. The minimum atomic E-state index is 0. The Morgan fingerprint density at radius 3 is 1.08 bits per heavy atom. The molecule has 0 bridgehead atoms. The molecular formula is C62H106N2Pd. The molecule has 0 amide bonds. The monoisotopic (exact) mass is 985 g/mol. The number of hydrogen-bond donors (Lipinski definition) is 0. The summed E-state index contributed by atoms with van der Waals surface area (Å²) < 4.78 is 1.48. The van der Waals surface area contributed by atoms with Crippen molar-refractivity contribution in [1.82, 2.24) is 0 Å². The van der Waals surface area contributed by atoms with Gasteiger partial charge in [0, 0.05) is 22.8 Å². The standard InChI is InChI=1S/C36H52N2.2C13H27.Pd/c1-4-7-10-13-14-17-24-34-29-35(32-25-18-22-30(27-32)20-15-11-8-5-2)38(37)36(34)33-26-19-23-31(28-33)21-16-12-9-6-3;2*1-3-5-7-9-11-13-12-10-8-6-4-2;/h18-19,22-23,25-29H,4-17,20-21,24H2,1-3H3;2*1,3-13H2,2H3;/q;2*-1;+2. The average molecular weight is 986 g/mol. The van der Waals surface area contributed by atoms with Crippen LogP contribution < -0.4 is 0 Å². The third-order valence-corrected chi connectivity index (χ3v) is 13.1. The van der Waals surface area contributed by atoms with Gasteiger partial charge in [-0.1, -0.05) is 258 Å². The van der Waals surface area contributed by atoms with Crippen molar-refractivity contribution in [3.8, 4) is 0 Å².